The van der Waals surface area contributed by atoms with Crippen molar-refractivity contribution in [3.63, 3.8) is 0 Å². The summed E-state index contributed by atoms with van der Waals surface area (Å²) in [6.45, 7) is 2.98. The van der Waals surface area contributed by atoms with Crippen LogP contribution in [0, 0.1) is 0 Å². The Balaban J connectivity index is 2.20. The summed E-state index contributed by atoms with van der Waals surface area (Å²) in [5.74, 6) is -0.384. The monoisotopic (exact) mass is 291 g/mol. The number of carbonyl (C=O) groups excluding carboxylic acids is 2. The number of nitrogens with one attached hydrogen (secondary N) is 3. The molecule has 1 aromatic rings. The smallest absolute Gasteiger partial charge is 0.331 e. The molecule has 1 heterocycles. The number of esters is 1. The van der Waals surface area contributed by atoms with E-state index in [1.54, 1.807) is 6.07 Å². The number of amides is 1. The van der Waals surface area contributed by atoms with Crippen molar-refractivity contribution in [3.05, 3.63) is 24.3 Å². The minimum absolute atomic E-state index is 0.128. The third kappa shape index (κ3) is 3.72. The van der Waals surface area contributed by atoms with Crippen LogP contribution < -0.4 is 16.0 Å². The second kappa shape index (κ2) is 6.58. The molecule has 2 rings (SSSR count). The molecule has 1 fully saturated rings. The molecule has 0 radical (unpaired) electrons. The maximum Gasteiger partial charge on any atom is 0.331 e. The van der Waals surface area contributed by atoms with Crippen molar-refractivity contribution in [2.45, 2.75) is 25.3 Å². The van der Waals surface area contributed by atoms with E-state index in [1.165, 1.54) is 14.0 Å². The van der Waals surface area contributed by atoms with Crippen LogP contribution in [-0.4, -0.2) is 37.6 Å². The zero-order chi connectivity index (χ0) is 15.3. The second-order valence-corrected chi connectivity index (χ2v) is 5.21. The van der Waals surface area contributed by atoms with Crippen LogP contribution in [0.2, 0.25) is 0 Å². The van der Waals surface area contributed by atoms with Gasteiger partial charge in [-0.15, -0.1) is 0 Å². The van der Waals surface area contributed by atoms with E-state index in [9.17, 15) is 9.59 Å². The van der Waals surface area contributed by atoms with E-state index < -0.39 is 5.54 Å². The molecule has 0 unspecified atom stereocenters. The van der Waals surface area contributed by atoms with Gasteiger partial charge in [-0.25, -0.2) is 4.79 Å². The Morgan fingerprint density at radius 3 is 2.52 bits per heavy atom. The Kier molecular flexibility index (Phi) is 4.80. The Morgan fingerprint density at radius 1 is 1.24 bits per heavy atom. The van der Waals surface area contributed by atoms with E-state index in [2.05, 4.69) is 16.0 Å². The number of hydrogen-bond acceptors (Lipinski definition) is 5. The number of carbonyl (C=O) groups is 2. The first-order valence-electron chi connectivity index (χ1n) is 7.01. The molecule has 1 aliphatic rings. The van der Waals surface area contributed by atoms with Crippen molar-refractivity contribution >= 4 is 23.3 Å². The van der Waals surface area contributed by atoms with E-state index in [-0.39, 0.29) is 11.9 Å². The van der Waals surface area contributed by atoms with Gasteiger partial charge in [-0.05, 0) is 44.1 Å². The molecule has 0 atom stereocenters. The van der Waals surface area contributed by atoms with Crippen molar-refractivity contribution in [3.8, 4) is 0 Å². The molecule has 0 bridgehead atoms. The van der Waals surface area contributed by atoms with Crippen LogP contribution in [0.5, 0.6) is 0 Å². The zero-order valence-corrected chi connectivity index (χ0v) is 12.4. The molecule has 1 aromatic carbocycles. The highest BCUT2D eigenvalue weighted by Gasteiger charge is 2.40. The van der Waals surface area contributed by atoms with Crippen LogP contribution in [0.3, 0.4) is 0 Å². The van der Waals surface area contributed by atoms with E-state index in [0.29, 0.717) is 18.5 Å². The molecule has 3 N–H and O–H groups in total. The largest absolute Gasteiger partial charge is 0.467 e. The highest BCUT2D eigenvalue weighted by Crippen LogP contribution is 2.27. The summed E-state index contributed by atoms with van der Waals surface area (Å²) in [5.41, 5.74) is 0.768. The van der Waals surface area contributed by atoms with Crippen LogP contribution in [-0.2, 0) is 14.3 Å². The molecule has 0 saturated carbocycles. The number of rotatable bonds is 4. The summed E-state index contributed by atoms with van der Waals surface area (Å²) in [7, 11) is 1.40. The summed E-state index contributed by atoms with van der Waals surface area (Å²) in [6.07, 6.45) is 1.31. The van der Waals surface area contributed by atoms with Gasteiger partial charge >= 0.3 is 5.97 Å². The standard InChI is InChI=1S/C15H21N3O3/c1-11(19)17-12-4-3-5-13(10-12)18-15(14(20)21-2)6-8-16-9-7-15/h3-5,10,16,18H,6-9H2,1-2H3,(H,17,19). The summed E-state index contributed by atoms with van der Waals surface area (Å²) < 4.78 is 4.96. The fourth-order valence-electron chi connectivity index (χ4n) is 2.58. The Morgan fingerprint density at radius 2 is 1.90 bits per heavy atom. The number of ether oxygens (including phenoxy) is 1. The van der Waals surface area contributed by atoms with Gasteiger partial charge in [-0.2, -0.15) is 0 Å². The molecule has 1 saturated heterocycles. The second-order valence-electron chi connectivity index (χ2n) is 5.21. The lowest BCUT2D eigenvalue weighted by molar-refractivity contribution is -0.147. The molecule has 114 valence electrons. The van der Waals surface area contributed by atoms with Crippen LogP contribution >= 0.6 is 0 Å². The van der Waals surface area contributed by atoms with Gasteiger partial charge in [0.05, 0.1) is 7.11 Å². The molecule has 6 heteroatoms. The number of anilines is 2. The van der Waals surface area contributed by atoms with Gasteiger partial charge in [-0.3, -0.25) is 4.79 Å². The molecule has 0 spiro atoms. The molecule has 6 nitrogen and oxygen atoms in total. The fourth-order valence-corrected chi connectivity index (χ4v) is 2.58. The van der Waals surface area contributed by atoms with Gasteiger partial charge in [0.25, 0.3) is 0 Å². The molecule has 1 amide bonds. The van der Waals surface area contributed by atoms with Crippen molar-refractivity contribution in [1.82, 2.24) is 5.32 Å². The predicted octanol–water partition coefficient (Wildman–Crippen LogP) is 1.35. The van der Waals surface area contributed by atoms with Gasteiger partial charge in [0.1, 0.15) is 5.54 Å². The molecule has 21 heavy (non-hydrogen) atoms. The van der Waals surface area contributed by atoms with Crippen LogP contribution in [0.4, 0.5) is 11.4 Å². The summed E-state index contributed by atoms with van der Waals surface area (Å²) in [6, 6.07) is 7.33. The quantitative estimate of drug-likeness (QED) is 0.730. The van der Waals surface area contributed by atoms with E-state index in [1.807, 2.05) is 18.2 Å². The Hall–Kier alpha value is -2.08. The van der Waals surface area contributed by atoms with Gasteiger partial charge in [0.15, 0.2) is 0 Å². The lowest BCUT2D eigenvalue weighted by atomic mass is 9.88. The van der Waals surface area contributed by atoms with Crippen LogP contribution in [0.15, 0.2) is 24.3 Å². The lowest BCUT2D eigenvalue weighted by Crippen LogP contribution is -2.54. The van der Waals surface area contributed by atoms with E-state index in [0.717, 1.165) is 18.8 Å². The number of methoxy groups -OCH3 is 1. The third-order valence-electron chi connectivity index (χ3n) is 3.60. The number of piperidine rings is 1. The first-order valence-corrected chi connectivity index (χ1v) is 7.01. The van der Waals surface area contributed by atoms with Crippen molar-refractivity contribution in [1.29, 1.82) is 0 Å². The topological polar surface area (TPSA) is 79.5 Å². The first-order chi connectivity index (χ1) is 10.1. The molecule has 1 aliphatic heterocycles. The number of hydrogen-bond donors (Lipinski definition) is 3. The SMILES string of the molecule is COC(=O)C1(Nc2cccc(NC(C)=O)c2)CCNCC1. The first kappa shape index (κ1) is 15.3. The zero-order valence-electron chi connectivity index (χ0n) is 12.4. The summed E-state index contributed by atoms with van der Waals surface area (Å²) >= 11 is 0. The third-order valence-corrected chi connectivity index (χ3v) is 3.60. The molecule has 0 aromatic heterocycles. The van der Waals surface area contributed by atoms with Crippen molar-refractivity contribution in [2.75, 3.05) is 30.8 Å². The van der Waals surface area contributed by atoms with E-state index in [4.69, 9.17) is 4.74 Å². The van der Waals surface area contributed by atoms with Crippen LogP contribution in [0.1, 0.15) is 19.8 Å². The van der Waals surface area contributed by atoms with E-state index >= 15 is 0 Å². The number of benzene rings is 1. The highest BCUT2D eigenvalue weighted by atomic mass is 16.5. The molecule has 0 aliphatic carbocycles. The Labute approximate surface area is 124 Å². The predicted molar refractivity (Wildman–Crippen MR) is 81.2 cm³/mol. The minimum atomic E-state index is -0.713. The van der Waals surface area contributed by atoms with Crippen molar-refractivity contribution in [2.24, 2.45) is 0 Å². The average Bonchev–Trinajstić information content (AvgIpc) is 2.47. The van der Waals surface area contributed by atoms with Gasteiger partial charge < -0.3 is 20.7 Å². The van der Waals surface area contributed by atoms with Crippen molar-refractivity contribution < 1.29 is 14.3 Å². The minimum Gasteiger partial charge on any atom is -0.467 e. The average molecular weight is 291 g/mol. The van der Waals surface area contributed by atoms with Gasteiger partial charge in [-0.1, -0.05) is 6.07 Å². The normalized spacial score (nSPS) is 16.9. The van der Waals surface area contributed by atoms with Crippen LogP contribution in [0.25, 0.3) is 0 Å². The maximum absolute atomic E-state index is 12.2. The van der Waals surface area contributed by atoms with Gasteiger partial charge in [0, 0.05) is 18.3 Å². The fraction of sp³-hybridized carbons (Fsp3) is 0.467. The lowest BCUT2D eigenvalue weighted by Gasteiger charge is -2.36. The summed E-state index contributed by atoms with van der Waals surface area (Å²) in [4.78, 5) is 23.3. The van der Waals surface area contributed by atoms with Gasteiger partial charge in [0.2, 0.25) is 5.91 Å². The maximum atomic E-state index is 12.2. The molecular weight excluding hydrogens is 270 g/mol. The highest BCUT2D eigenvalue weighted by molar-refractivity contribution is 5.90. The Bertz CT molecular complexity index is 525. The molecular formula is C15H21N3O3. The summed E-state index contributed by atoms with van der Waals surface area (Å²) in [5, 5.41) is 9.26.